The number of halogens is 1. The van der Waals surface area contributed by atoms with Crippen LogP contribution in [0.25, 0.3) is 0 Å². The number of methoxy groups -OCH3 is 1. The number of Topliss-reactive ketones (excluding diaryl/α,β-unsaturated/α-hetero) is 1. The van der Waals surface area contributed by atoms with Crippen LogP contribution < -0.4 is 4.74 Å². The number of carbonyl (C=O) groups is 1. The molecule has 2 rings (SSSR count). The van der Waals surface area contributed by atoms with Crippen LogP contribution in [0, 0.1) is 12.7 Å². The highest BCUT2D eigenvalue weighted by Crippen LogP contribution is 2.15. The molecule has 2 nitrogen and oxygen atoms in total. The molecule has 0 aliphatic heterocycles. The van der Waals surface area contributed by atoms with Crippen LogP contribution >= 0.6 is 0 Å². The third-order valence-electron chi connectivity index (χ3n) is 3.29. The summed E-state index contributed by atoms with van der Waals surface area (Å²) in [5, 5.41) is 0. The third-order valence-corrected chi connectivity index (χ3v) is 3.29. The second-order valence-corrected chi connectivity index (χ2v) is 4.74. The van der Waals surface area contributed by atoms with Gasteiger partial charge < -0.3 is 4.74 Å². The molecule has 0 unspecified atom stereocenters. The first-order valence-electron chi connectivity index (χ1n) is 6.52. The molecule has 104 valence electrons. The quantitative estimate of drug-likeness (QED) is 0.770. The number of aryl methyl sites for hydroxylation is 2. The molecule has 0 radical (unpaired) electrons. The van der Waals surface area contributed by atoms with Crippen LogP contribution in [0.3, 0.4) is 0 Å². The summed E-state index contributed by atoms with van der Waals surface area (Å²) < 4.78 is 18.5. The van der Waals surface area contributed by atoms with E-state index in [1.807, 2.05) is 24.3 Å². The molecule has 20 heavy (non-hydrogen) atoms. The first kappa shape index (κ1) is 14.3. The monoisotopic (exact) mass is 272 g/mol. The second kappa shape index (κ2) is 6.33. The lowest BCUT2D eigenvalue weighted by molar-refractivity contribution is 0.0982. The Morgan fingerprint density at radius 2 is 1.85 bits per heavy atom. The van der Waals surface area contributed by atoms with E-state index in [1.54, 1.807) is 26.2 Å². The van der Waals surface area contributed by atoms with Crippen LogP contribution in [0.5, 0.6) is 5.75 Å². The Morgan fingerprint density at radius 1 is 1.15 bits per heavy atom. The molecule has 0 bridgehead atoms. The van der Waals surface area contributed by atoms with Crippen molar-refractivity contribution in [1.82, 2.24) is 0 Å². The van der Waals surface area contributed by atoms with Gasteiger partial charge in [0.15, 0.2) is 5.78 Å². The van der Waals surface area contributed by atoms with Gasteiger partial charge in [0.05, 0.1) is 7.11 Å². The molecule has 0 spiro atoms. The normalized spacial score (nSPS) is 10.3. The van der Waals surface area contributed by atoms with E-state index in [-0.39, 0.29) is 11.6 Å². The maximum atomic E-state index is 13.4. The molecule has 0 aliphatic carbocycles. The molecule has 0 saturated carbocycles. The van der Waals surface area contributed by atoms with E-state index >= 15 is 0 Å². The fourth-order valence-electron chi connectivity index (χ4n) is 1.96. The first-order valence-corrected chi connectivity index (χ1v) is 6.52. The van der Waals surface area contributed by atoms with Gasteiger partial charge in [-0.25, -0.2) is 4.39 Å². The minimum atomic E-state index is -0.333. The molecule has 2 aromatic rings. The standard InChI is InChI=1S/C17H17FO2/c1-12-3-7-14(11-16(12)18)17(19)10-6-13-4-8-15(20-2)9-5-13/h3-5,7-9,11H,6,10H2,1-2H3. The molecular formula is C17H17FO2. The zero-order valence-electron chi connectivity index (χ0n) is 11.7. The largest absolute Gasteiger partial charge is 0.497 e. The van der Waals surface area contributed by atoms with E-state index in [0.29, 0.717) is 24.0 Å². The number of benzene rings is 2. The molecule has 0 heterocycles. The highest BCUT2D eigenvalue weighted by atomic mass is 19.1. The van der Waals surface area contributed by atoms with Crippen LogP contribution in [0.4, 0.5) is 4.39 Å². The zero-order valence-corrected chi connectivity index (χ0v) is 11.7. The van der Waals surface area contributed by atoms with Crippen LogP contribution in [-0.2, 0) is 6.42 Å². The van der Waals surface area contributed by atoms with E-state index in [4.69, 9.17) is 4.74 Å². The van der Waals surface area contributed by atoms with Crippen molar-refractivity contribution in [3.63, 3.8) is 0 Å². The summed E-state index contributed by atoms with van der Waals surface area (Å²) >= 11 is 0. The number of rotatable bonds is 5. The topological polar surface area (TPSA) is 26.3 Å². The van der Waals surface area contributed by atoms with E-state index < -0.39 is 0 Å². The number of hydrogen-bond donors (Lipinski definition) is 0. The summed E-state index contributed by atoms with van der Waals surface area (Å²) in [6.07, 6.45) is 1.01. The molecule has 0 fully saturated rings. The third kappa shape index (κ3) is 3.44. The Bertz CT molecular complexity index is 603. The van der Waals surface area contributed by atoms with Crippen LogP contribution in [-0.4, -0.2) is 12.9 Å². The summed E-state index contributed by atoms with van der Waals surface area (Å²) in [5.74, 6) is 0.417. The molecule has 0 aromatic heterocycles. The molecule has 0 amide bonds. The Labute approximate surface area is 118 Å². The van der Waals surface area contributed by atoms with Crippen molar-refractivity contribution in [2.45, 2.75) is 19.8 Å². The smallest absolute Gasteiger partial charge is 0.163 e. The minimum absolute atomic E-state index is 0.0419. The minimum Gasteiger partial charge on any atom is -0.497 e. The van der Waals surface area contributed by atoms with Crippen LogP contribution in [0.15, 0.2) is 42.5 Å². The van der Waals surface area contributed by atoms with Gasteiger partial charge >= 0.3 is 0 Å². The summed E-state index contributed by atoms with van der Waals surface area (Å²) in [7, 11) is 1.62. The molecular weight excluding hydrogens is 255 g/mol. The fourth-order valence-corrected chi connectivity index (χ4v) is 1.96. The van der Waals surface area contributed by atoms with Crippen molar-refractivity contribution < 1.29 is 13.9 Å². The fraction of sp³-hybridized carbons (Fsp3) is 0.235. The van der Waals surface area contributed by atoms with Gasteiger partial charge in [0.2, 0.25) is 0 Å². The van der Waals surface area contributed by atoms with E-state index in [9.17, 15) is 9.18 Å². The van der Waals surface area contributed by atoms with Crippen LogP contribution in [0.2, 0.25) is 0 Å². The molecule has 0 saturated heterocycles. The maximum absolute atomic E-state index is 13.4. The maximum Gasteiger partial charge on any atom is 0.163 e. The zero-order chi connectivity index (χ0) is 14.5. The predicted molar refractivity (Wildman–Crippen MR) is 76.8 cm³/mol. The van der Waals surface area contributed by atoms with E-state index in [2.05, 4.69) is 0 Å². The molecule has 0 aliphatic rings. The van der Waals surface area contributed by atoms with Crippen molar-refractivity contribution >= 4 is 5.78 Å². The van der Waals surface area contributed by atoms with E-state index in [1.165, 1.54) is 6.07 Å². The lowest BCUT2D eigenvalue weighted by Crippen LogP contribution is -2.02. The summed E-state index contributed by atoms with van der Waals surface area (Å²) in [6, 6.07) is 12.2. The Morgan fingerprint density at radius 3 is 2.45 bits per heavy atom. The number of carbonyl (C=O) groups excluding carboxylic acids is 1. The van der Waals surface area contributed by atoms with Gasteiger partial charge in [-0.05, 0) is 42.7 Å². The van der Waals surface area contributed by atoms with Gasteiger partial charge in [-0.15, -0.1) is 0 Å². The van der Waals surface area contributed by atoms with E-state index in [0.717, 1.165) is 11.3 Å². The van der Waals surface area contributed by atoms with Gasteiger partial charge in [-0.3, -0.25) is 4.79 Å². The average molecular weight is 272 g/mol. The lowest BCUT2D eigenvalue weighted by Gasteiger charge is -2.04. The highest BCUT2D eigenvalue weighted by molar-refractivity contribution is 5.96. The lowest BCUT2D eigenvalue weighted by atomic mass is 10.0. The van der Waals surface area contributed by atoms with Gasteiger partial charge in [0, 0.05) is 12.0 Å². The van der Waals surface area contributed by atoms with Crippen molar-refractivity contribution in [2.75, 3.05) is 7.11 Å². The summed E-state index contributed by atoms with van der Waals surface area (Å²) in [5.41, 5.74) is 2.05. The molecule has 0 N–H and O–H groups in total. The van der Waals surface area contributed by atoms with Crippen molar-refractivity contribution in [3.05, 3.63) is 65.0 Å². The SMILES string of the molecule is COc1ccc(CCC(=O)c2ccc(C)c(F)c2)cc1. The second-order valence-electron chi connectivity index (χ2n) is 4.74. The van der Waals surface area contributed by atoms with Gasteiger partial charge in [-0.1, -0.05) is 24.3 Å². The van der Waals surface area contributed by atoms with Crippen molar-refractivity contribution in [3.8, 4) is 5.75 Å². The Balaban J connectivity index is 1.98. The molecule has 2 aromatic carbocycles. The van der Waals surface area contributed by atoms with Crippen molar-refractivity contribution in [2.24, 2.45) is 0 Å². The number of hydrogen-bond acceptors (Lipinski definition) is 2. The van der Waals surface area contributed by atoms with Gasteiger partial charge in [0.25, 0.3) is 0 Å². The van der Waals surface area contributed by atoms with Crippen LogP contribution in [0.1, 0.15) is 27.9 Å². The predicted octanol–water partition coefficient (Wildman–Crippen LogP) is 3.96. The summed E-state index contributed by atoms with van der Waals surface area (Å²) in [6.45, 7) is 1.68. The average Bonchev–Trinajstić information content (AvgIpc) is 2.48. The molecule has 0 atom stereocenters. The van der Waals surface area contributed by atoms with Gasteiger partial charge in [0.1, 0.15) is 11.6 Å². The highest BCUT2D eigenvalue weighted by Gasteiger charge is 2.08. The Hall–Kier alpha value is -2.16. The molecule has 3 heteroatoms. The number of ether oxygens (including phenoxy) is 1. The Kier molecular flexibility index (Phi) is 4.51. The van der Waals surface area contributed by atoms with Gasteiger partial charge in [-0.2, -0.15) is 0 Å². The summed E-state index contributed by atoms with van der Waals surface area (Å²) in [4.78, 5) is 12.0. The first-order chi connectivity index (χ1) is 9.60. The van der Waals surface area contributed by atoms with Crippen molar-refractivity contribution in [1.29, 1.82) is 0 Å². The number of ketones is 1.